The van der Waals surface area contributed by atoms with E-state index < -0.39 is 0 Å². The van der Waals surface area contributed by atoms with Gasteiger partial charge in [-0.05, 0) is 6.92 Å². The second-order valence-corrected chi connectivity index (χ2v) is 3.18. The van der Waals surface area contributed by atoms with Gasteiger partial charge in [0.2, 0.25) is 0 Å². The maximum Gasteiger partial charge on any atom is 0.177 e. The number of hydrogen-bond acceptors (Lipinski definition) is 2. The largest absolute Gasteiger partial charge is 0.189 e. The van der Waals surface area contributed by atoms with Gasteiger partial charge in [0.05, 0.1) is 19.9 Å². The minimum atomic E-state index is 0.223. The summed E-state index contributed by atoms with van der Waals surface area (Å²) in [5.41, 5.74) is 1.05. The summed E-state index contributed by atoms with van der Waals surface area (Å²) in [6.45, 7) is 2.83. The Balaban J connectivity index is 2.95. The Morgan fingerprint density at radius 1 is 1.33 bits per heavy atom. The van der Waals surface area contributed by atoms with Crippen molar-refractivity contribution in [2.45, 2.75) is 6.92 Å². The number of para-hydroxylation sites is 1. The molecule has 0 N–H and O–H groups in total. The van der Waals surface area contributed by atoms with Crippen LogP contribution in [-0.4, -0.2) is 13.7 Å². The first-order valence-corrected chi connectivity index (χ1v) is 4.35. The van der Waals surface area contributed by atoms with Crippen molar-refractivity contribution < 1.29 is 4.84 Å². The van der Waals surface area contributed by atoms with Crippen molar-refractivity contribution in [1.82, 2.24) is 4.05 Å². The number of hydrogen-bond donors (Lipinski definition) is 1. The van der Waals surface area contributed by atoms with Crippen LogP contribution >= 0.6 is 12.8 Å². The molecule has 1 aromatic carbocycles. The number of rotatable bonds is 3. The van der Waals surface area contributed by atoms with Crippen LogP contribution in [0.2, 0.25) is 0 Å². The molecule has 0 amide bonds. The van der Waals surface area contributed by atoms with Gasteiger partial charge >= 0.3 is 0 Å². The number of thiol groups is 1. The third kappa shape index (κ3) is 1.80. The normalized spacial score (nSPS) is 15.6. The van der Waals surface area contributed by atoms with Gasteiger partial charge in [0.25, 0.3) is 0 Å². The molecule has 3 heteroatoms. The fourth-order valence-electron chi connectivity index (χ4n) is 1.08. The molecule has 0 aliphatic rings. The van der Waals surface area contributed by atoms with Crippen LogP contribution in [0.25, 0.3) is 0 Å². The van der Waals surface area contributed by atoms with Crippen LogP contribution in [0.15, 0.2) is 30.3 Å². The standard InChI is InChI=1S/C9H14NOS/c1-3-10(12,11-2)9-7-5-4-6-8-9/h4-8,12H,3H2,1-2H3/q+1. The van der Waals surface area contributed by atoms with Crippen molar-refractivity contribution in [3.63, 3.8) is 0 Å². The van der Waals surface area contributed by atoms with Crippen molar-refractivity contribution in [3.8, 4) is 0 Å². The lowest BCUT2D eigenvalue weighted by Gasteiger charge is -2.24. The molecule has 12 heavy (non-hydrogen) atoms. The summed E-state index contributed by atoms with van der Waals surface area (Å²) in [5, 5.41) is 0. The van der Waals surface area contributed by atoms with Gasteiger partial charge in [-0.2, -0.15) is 4.84 Å². The number of hydroxylamine groups is 1. The van der Waals surface area contributed by atoms with Crippen LogP contribution in [0.5, 0.6) is 0 Å². The molecule has 0 fully saturated rings. The quantitative estimate of drug-likeness (QED) is 0.431. The van der Waals surface area contributed by atoms with Gasteiger partial charge in [-0.3, -0.25) is 0 Å². The molecule has 0 spiro atoms. The van der Waals surface area contributed by atoms with E-state index in [1.54, 1.807) is 7.11 Å². The zero-order valence-corrected chi connectivity index (χ0v) is 8.29. The maximum absolute atomic E-state index is 5.27. The van der Waals surface area contributed by atoms with Gasteiger partial charge in [0.1, 0.15) is 6.54 Å². The van der Waals surface area contributed by atoms with E-state index in [0.29, 0.717) is 0 Å². The average Bonchev–Trinajstić information content (AvgIpc) is 2.18. The van der Waals surface area contributed by atoms with Crippen LogP contribution in [0, 0.1) is 0 Å². The molecule has 0 heterocycles. The number of nitrogens with zero attached hydrogens (tertiary/aromatic N) is 1. The fourth-order valence-corrected chi connectivity index (χ4v) is 1.21. The molecule has 0 saturated heterocycles. The lowest BCUT2D eigenvalue weighted by molar-refractivity contribution is -0.0236. The second-order valence-electron chi connectivity index (χ2n) is 2.54. The van der Waals surface area contributed by atoms with Crippen LogP contribution in [0.1, 0.15) is 6.92 Å². The highest BCUT2D eigenvalue weighted by Crippen LogP contribution is 2.24. The van der Waals surface area contributed by atoms with E-state index >= 15 is 0 Å². The molecule has 0 bridgehead atoms. The topological polar surface area (TPSA) is 9.23 Å². The second kappa shape index (κ2) is 3.94. The van der Waals surface area contributed by atoms with Gasteiger partial charge in [0, 0.05) is 12.1 Å². The van der Waals surface area contributed by atoms with Crippen molar-refractivity contribution in [2.24, 2.45) is 0 Å². The number of quaternary nitrogens is 1. The predicted octanol–water partition coefficient (Wildman–Crippen LogP) is 2.42. The monoisotopic (exact) mass is 184 g/mol. The molecule has 1 aromatic rings. The molecule has 0 aliphatic heterocycles. The lowest BCUT2D eigenvalue weighted by atomic mass is 10.3. The first-order chi connectivity index (χ1) is 5.73. The molecular formula is C9H14NOS+. The smallest absolute Gasteiger partial charge is 0.177 e. The summed E-state index contributed by atoms with van der Waals surface area (Å²) >= 11 is 4.42. The molecular weight excluding hydrogens is 170 g/mol. The zero-order chi connectivity index (χ0) is 9.03. The Morgan fingerprint density at radius 2 is 1.92 bits per heavy atom. The molecule has 0 aliphatic carbocycles. The van der Waals surface area contributed by atoms with E-state index in [0.717, 1.165) is 12.2 Å². The van der Waals surface area contributed by atoms with Crippen LogP contribution in [-0.2, 0) is 4.84 Å². The molecule has 0 saturated carbocycles. The van der Waals surface area contributed by atoms with E-state index in [-0.39, 0.29) is 4.05 Å². The molecule has 1 atom stereocenters. The summed E-state index contributed by atoms with van der Waals surface area (Å²) in [7, 11) is 1.66. The summed E-state index contributed by atoms with van der Waals surface area (Å²) in [6.07, 6.45) is 0. The van der Waals surface area contributed by atoms with E-state index in [9.17, 15) is 0 Å². The Hall–Kier alpha value is -0.510. The van der Waals surface area contributed by atoms with E-state index in [1.807, 2.05) is 37.3 Å². The summed E-state index contributed by atoms with van der Waals surface area (Å²) in [5.74, 6) is 0. The van der Waals surface area contributed by atoms with Crippen LogP contribution in [0.4, 0.5) is 5.69 Å². The predicted molar refractivity (Wildman–Crippen MR) is 54.8 cm³/mol. The van der Waals surface area contributed by atoms with E-state index in [4.69, 9.17) is 4.84 Å². The Morgan fingerprint density at radius 3 is 2.33 bits per heavy atom. The van der Waals surface area contributed by atoms with E-state index in [2.05, 4.69) is 12.8 Å². The molecule has 1 rings (SSSR count). The first-order valence-electron chi connectivity index (χ1n) is 3.95. The van der Waals surface area contributed by atoms with Crippen molar-refractivity contribution in [2.75, 3.05) is 13.7 Å². The van der Waals surface area contributed by atoms with Crippen molar-refractivity contribution >= 4 is 18.5 Å². The average molecular weight is 184 g/mol. The van der Waals surface area contributed by atoms with Crippen molar-refractivity contribution in [1.29, 1.82) is 0 Å². The molecule has 2 nitrogen and oxygen atoms in total. The molecule has 0 aromatic heterocycles. The Kier molecular flexibility index (Phi) is 3.14. The number of benzene rings is 1. The highest BCUT2D eigenvalue weighted by molar-refractivity contribution is 7.79. The third-order valence-electron chi connectivity index (χ3n) is 1.89. The van der Waals surface area contributed by atoms with Crippen LogP contribution in [0.3, 0.4) is 0 Å². The Labute approximate surface area is 78.9 Å². The SMILES string of the molecule is CC[N+](S)(OC)c1ccccc1. The summed E-state index contributed by atoms with van der Waals surface area (Å²) in [4.78, 5) is 5.27. The van der Waals surface area contributed by atoms with Gasteiger partial charge in [-0.25, -0.2) is 0 Å². The highest BCUT2D eigenvalue weighted by atomic mass is 32.1. The molecule has 66 valence electrons. The van der Waals surface area contributed by atoms with Gasteiger partial charge in [-0.1, -0.05) is 22.3 Å². The summed E-state index contributed by atoms with van der Waals surface area (Å²) < 4.78 is 0.223. The minimum absolute atomic E-state index is 0.223. The third-order valence-corrected chi connectivity index (χ3v) is 2.57. The summed E-state index contributed by atoms with van der Waals surface area (Å²) in [6, 6.07) is 9.94. The van der Waals surface area contributed by atoms with Gasteiger partial charge < -0.3 is 0 Å². The highest BCUT2D eigenvalue weighted by Gasteiger charge is 2.24. The zero-order valence-electron chi connectivity index (χ0n) is 7.40. The minimum Gasteiger partial charge on any atom is -0.189 e. The van der Waals surface area contributed by atoms with Gasteiger partial charge in [-0.15, -0.1) is 0 Å². The van der Waals surface area contributed by atoms with E-state index in [1.165, 1.54) is 0 Å². The maximum atomic E-state index is 5.27. The van der Waals surface area contributed by atoms with Crippen molar-refractivity contribution in [3.05, 3.63) is 30.3 Å². The lowest BCUT2D eigenvalue weighted by Crippen LogP contribution is -2.37. The van der Waals surface area contributed by atoms with Gasteiger partial charge in [0.15, 0.2) is 5.69 Å². The fraction of sp³-hybridized carbons (Fsp3) is 0.333. The Bertz CT molecular complexity index is 234. The molecule has 1 unspecified atom stereocenters. The first kappa shape index (κ1) is 9.58. The molecule has 0 radical (unpaired) electrons. The van der Waals surface area contributed by atoms with Crippen LogP contribution < -0.4 is 4.05 Å².